The lowest BCUT2D eigenvalue weighted by Crippen LogP contribution is -2.06. The van der Waals surface area contributed by atoms with E-state index in [-0.39, 0.29) is 33.9 Å². The molecule has 5 nitrogen and oxygen atoms in total. The molecule has 0 saturated carbocycles. The Morgan fingerprint density at radius 1 is 1.17 bits per heavy atom. The highest BCUT2D eigenvalue weighted by Crippen LogP contribution is 2.28. The highest BCUT2D eigenvalue weighted by molar-refractivity contribution is 5.91. The van der Waals surface area contributed by atoms with Crippen molar-refractivity contribution in [2.45, 2.75) is 26.2 Å². The molecule has 0 amide bonds. The van der Waals surface area contributed by atoms with E-state index in [0.717, 1.165) is 25.0 Å². The lowest BCUT2D eigenvalue weighted by atomic mass is 10.1. The van der Waals surface area contributed by atoms with Crippen LogP contribution in [0.15, 0.2) is 12.1 Å². The third-order valence-corrected chi connectivity index (χ3v) is 3.51. The molecule has 2 aromatic heterocycles. The molecule has 0 saturated heterocycles. The summed E-state index contributed by atoms with van der Waals surface area (Å²) >= 11 is 0. The van der Waals surface area contributed by atoms with E-state index in [1.54, 1.807) is 0 Å². The number of unbranched alkanes of at least 4 members (excludes halogenated alkanes) is 1. The summed E-state index contributed by atoms with van der Waals surface area (Å²) < 4.78 is 41.2. The van der Waals surface area contributed by atoms with E-state index in [2.05, 4.69) is 20.2 Å². The number of nitrogen functional groups attached to an aromatic ring is 1. The number of hydrogen-bond acceptors (Lipinski definition) is 4. The van der Waals surface area contributed by atoms with Gasteiger partial charge in [0.2, 0.25) is 0 Å². The summed E-state index contributed by atoms with van der Waals surface area (Å²) in [7, 11) is 0. The van der Waals surface area contributed by atoms with Crippen molar-refractivity contribution >= 4 is 16.7 Å². The van der Waals surface area contributed by atoms with Crippen LogP contribution in [0.5, 0.6) is 0 Å². The van der Waals surface area contributed by atoms with Crippen LogP contribution in [0.1, 0.15) is 25.5 Å². The van der Waals surface area contributed by atoms with Crippen LogP contribution in [0.25, 0.3) is 22.4 Å². The van der Waals surface area contributed by atoms with Crippen molar-refractivity contribution in [3.05, 3.63) is 35.3 Å². The second-order valence-corrected chi connectivity index (χ2v) is 5.18. The van der Waals surface area contributed by atoms with Gasteiger partial charge in [-0.2, -0.15) is 5.10 Å². The van der Waals surface area contributed by atoms with Crippen molar-refractivity contribution in [2.75, 3.05) is 5.73 Å². The van der Waals surface area contributed by atoms with Gasteiger partial charge < -0.3 is 5.73 Å². The fraction of sp³-hybridized carbons (Fsp3) is 0.267. The summed E-state index contributed by atoms with van der Waals surface area (Å²) in [6.07, 6.45) is 1.99. The zero-order valence-electron chi connectivity index (χ0n) is 12.3. The van der Waals surface area contributed by atoms with Crippen LogP contribution in [0.4, 0.5) is 19.0 Å². The molecule has 23 heavy (non-hydrogen) atoms. The minimum atomic E-state index is -0.778. The van der Waals surface area contributed by atoms with Gasteiger partial charge >= 0.3 is 0 Å². The topological polar surface area (TPSA) is 80.5 Å². The standard InChI is InChI=1S/C15H14F3N5/c1-2-3-4-10-11(18)14(19)21-15(20-10)13-8-5-7(16)6-9(17)12(8)22-23-13/h5-6H,2-4H2,1H3,(H,22,23)(H2,19,20,21). The first-order valence-corrected chi connectivity index (χ1v) is 7.16. The van der Waals surface area contributed by atoms with Crippen molar-refractivity contribution in [3.63, 3.8) is 0 Å². The van der Waals surface area contributed by atoms with Crippen LogP contribution in [-0.2, 0) is 6.42 Å². The molecule has 3 rings (SSSR count). The number of hydrogen-bond donors (Lipinski definition) is 2. The number of rotatable bonds is 4. The summed E-state index contributed by atoms with van der Waals surface area (Å²) in [5.74, 6) is -2.47. The van der Waals surface area contributed by atoms with Crippen molar-refractivity contribution in [3.8, 4) is 11.5 Å². The number of fused-ring (bicyclic) bond motifs is 1. The van der Waals surface area contributed by atoms with Gasteiger partial charge in [-0.25, -0.2) is 23.1 Å². The third-order valence-electron chi connectivity index (χ3n) is 3.51. The first kappa shape index (κ1) is 15.3. The number of H-pyrrole nitrogens is 1. The van der Waals surface area contributed by atoms with E-state index >= 15 is 0 Å². The molecule has 0 unspecified atom stereocenters. The summed E-state index contributed by atoms with van der Waals surface area (Å²) in [6.45, 7) is 1.97. The molecule has 1 aromatic carbocycles. The number of aryl methyl sites for hydroxylation is 1. The van der Waals surface area contributed by atoms with Gasteiger partial charge in [0.1, 0.15) is 17.0 Å². The maximum atomic E-state index is 14.0. The molecule has 2 heterocycles. The van der Waals surface area contributed by atoms with Gasteiger partial charge in [-0.1, -0.05) is 13.3 Å². The highest BCUT2D eigenvalue weighted by atomic mass is 19.1. The second-order valence-electron chi connectivity index (χ2n) is 5.18. The maximum Gasteiger partial charge on any atom is 0.186 e. The lowest BCUT2D eigenvalue weighted by Gasteiger charge is -2.06. The fourth-order valence-electron chi connectivity index (χ4n) is 2.35. The largest absolute Gasteiger partial charge is 0.381 e. The number of nitrogens with zero attached hydrogens (tertiary/aromatic N) is 3. The van der Waals surface area contributed by atoms with E-state index in [1.165, 1.54) is 0 Å². The van der Waals surface area contributed by atoms with Crippen LogP contribution in [0.3, 0.4) is 0 Å². The Labute approximate surface area is 129 Å². The van der Waals surface area contributed by atoms with Crippen LogP contribution < -0.4 is 5.73 Å². The third kappa shape index (κ3) is 2.71. The molecular weight excluding hydrogens is 307 g/mol. The molecule has 120 valence electrons. The predicted octanol–water partition coefficient (Wildman–Crippen LogP) is 3.36. The Balaban J connectivity index is 2.17. The van der Waals surface area contributed by atoms with Crippen LogP contribution in [0, 0.1) is 17.5 Å². The molecule has 3 N–H and O–H groups in total. The Bertz CT molecular complexity index is 875. The van der Waals surface area contributed by atoms with Crippen molar-refractivity contribution in [2.24, 2.45) is 0 Å². The zero-order chi connectivity index (χ0) is 16.6. The first-order valence-electron chi connectivity index (χ1n) is 7.16. The molecule has 0 radical (unpaired) electrons. The number of aromatic nitrogens is 4. The molecule has 0 aliphatic heterocycles. The number of nitrogens with one attached hydrogen (secondary N) is 1. The summed E-state index contributed by atoms with van der Waals surface area (Å²) in [5, 5.41) is 6.57. The molecule has 0 spiro atoms. The molecule has 0 fully saturated rings. The average Bonchev–Trinajstić information content (AvgIpc) is 2.92. The Morgan fingerprint density at radius 2 is 1.96 bits per heavy atom. The number of aromatic amines is 1. The molecule has 0 aliphatic carbocycles. The molecular formula is C15H14F3N5. The fourth-order valence-corrected chi connectivity index (χ4v) is 2.35. The summed E-state index contributed by atoms with van der Waals surface area (Å²) in [5.41, 5.74) is 5.92. The Morgan fingerprint density at radius 3 is 2.70 bits per heavy atom. The zero-order valence-corrected chi connectivity index (χ0v) is 12.3. The van der Waals surface area contributed by atoms with E-state index in [9.17, 15) is 13.2 Å². The predicted molar refractivity (Wildman–Crippen MR) is 80.0 cm³/mol. The van der Waals surface area contributed by atoms with E-state index in [1.807, 2.05) is 6.92 Å². The quantitative estimate of drug-likeness (QED) is 0.772. The summed E-state index contributed by atoms with van der Waals surface area (Å²) in [4.78, 5) is 7.99. The van der Waals surface area contributed by atoms with Crippen LogP contribution in [0.2, 0.25) is 0 Å². The van der Waals surface area contributed by atoms with Crippen molar-refractivity contribution in [1.82, 2.24) is 20.2 Å². The summed E-state index contributed by atoms with van der Waals surface area (Å²) in [6, 6.07) is 1.86. The van der Waals surface area contributed by atoms with Crippen LogP contribution in [-0.4, -0.2) is 20.2 Å². The van der Waals surface area contributed by atoms with E-state index in [0.29, 0.717) is 6.42 Å². The molecule has 0 bridgehead atoms. The number of halogens is 3. The van der Waals surface area contributed by atoms with Gasteiger partial charge in [0.25, 0.3) is 0 Å². The monoisotopic (exact) mass is 321 g/mol. The molecule has 8 heteroatoms. The smallest absolute Gasteiger partial charge is 0.186 e. The minimum absolute atomic E-state index is 0.0306. The van der Waals surface area contributed by atoms with Crippen molar-refractivity contribution in [1.29, 1.82) is 0 Å². The first-order chi connectivity index (χ1) is 11.0. The molecule has 3 aromatic rings. The minimum Gasteiger partial charge on any atom is -0.381 e. The van der Waals surface area contributed by atoms with E-state index in [4.69, 9.17) is 5.73 Å². The SMILES string of the molecule is CCCCc1nc(-c2n[nH]c3c(F)cc(F)cc23)nc(N)c1F. The molecule has 0 aliphatic rings. The number of anilines is 1. The second kappa shape index (κ2) is 5.86. The van der Waals surface area contributed by atoms with Gasteiger partial charge in [-0.05, 0) is 18.9 Å². The lowest BCUT2D eigenvalue weighted by molar-refractivity contribution is 0.589. The van der Waals surface area contributed by atoms with Gasteiger partial charge in [0.05, 0.1) is 5.69 Å². The van der Waals surface area contributed by atoms with Gasteiger partial charge in [0, 0.05) is 11.5 Å². The Kier molecular flexibility index (Phi) is 3.89. The number of nitrogens with two attached hydrogens (primary N) is 1. The van der Waals surface area contributed by atoms with Gasteiger partial charge in [-0.15, -0.1) is 0 Å². The maximum absolute atomic E-state index is 14.0. The van der Waals surface area contributed by atoms with E-state index < -0.39 is 17.5 Å². The Hall–Kier alpha value is -2.64. The van der Waals surface area contributed by atoms with Gasteiger partial charge in [0.15, 0.2) is 23.3 Å². The molecule has 0 atom stereocenters. The normalized spacial score (nSPS) is 11.3. The highest BCUT2D eigenvalue weighted by Gasteiger charge is 2.19. The van der Waals surface area contributed by atoms with Crippen LogP contribution >= 0.6 is 0 Å². The van der Waals surface area contributed by atoms with Crippen molar-refractivity contribution < 1.29 is 13.2 Å². The number of benzene rings is 1. The van der Waals surface area contributed by atoms with Gasteiger partial charge in [-0.3, -0.25) is 5.10 Å². The average molecular weight is 321 g/mol.